The van der Waals surface area contributed by atoms with E-state index in [0.717, 1.165) is 0 Å². The quantitative estimate of drug-likeness (QED) is 0.831. The Morgan fingerprint density at radius 2 is 2.26 bits per heavy atom. The number of anilines is 1. The highest BCUT2D eigenvalue weighted by Crippen LogP contribution is 2.16. The summed E-state index contributed by atoms with van der Waals surface area (Å²) in [5.74, 6) is 1.17. The number of aryl methyl sites for hydroxylation is 1. The summed E-state index contributed by atoms with van der Waals surface area (Å²) in [4.78, 5) is 16.4. The number of carbonyl (C=O) groups excluding carboxylic acids is 1. The zero-order chi connectivity index (χ0) is 16.2. The van der Waals surface area contributed by atoms with Crippen LogP contribution in [0.2, 0.25) is 0 Å². The molecule has 0 bridgehead atoms. The predicted octanol–water partition coefficient (Wildman–Crippen LogP) is 0.433. The monoisotopic (exact) mass is 317 g/mol. The molecule has 0 aromatic carbocycles. The summed E-state index contributed by atoms with van der Waals surface area (Å²) in [6.07, 6.45) is 4.70. The Hall–Kier alpha value is -2.61. The Morgan fingerprint density at radius 3 is 2.91 bits per heavy atom. The third-order valence-corrected chi connectivity index (χ3v) is 3.60. The van der Waals surface area contributed by atoms with E-state index in [1.165, 1.54) is 6.20 Å². The van der Waals surface area contributed by atoms with Crippen LogP contribution in [0.4, 0.5) is 5.82 Å². The molecule has 122 valence electrons. The molecule has 1 amide bonds. The Labute approximate surface area is 133 Å². The topological polar surface area (TPSA) is 90.3 Å². The van der Waals surface area contributed by atoms with Gasteiger partial charge in [-0.15, -0.1) is 0 Å². The molecule has 2 aromatic rings. The van der Waals surface area contributed by atoms with Crippen molar-refractivity contribution in [3.8, 4) is 5.75 Å². The maximum Gasteiger partial charge on any atom is 0.253 e. The number of rotatable bonds is 5. The molecule has 8 heteroatoms. The van der Waals surface area contributed by atoms with Crippen molar-refractivity contribution in [3.63, 3.8) is 0 Å². The number of carbonyl (C=O) groups is 1. The average molecular weight is 317 g/mol. The molecule has 0 spiro atoms. The highest BCUT2D eigenvalue weighted by atomic mass is 16.5. The SMILES string of the molecule is CNc1ccc(C(=O)N[C@H]2COC[C@H]2Oc2cnn(C)c2)cn1. The fraction of sp³-hybridized carbons (Fsp3) is 0.400. The molecule has 1 aliphatic heterocycles. The van der Waals surface area contributed by atoms with Crippen LogP contribution in [0.5, 0.6) is 5.75 Å². The number of nitrogens with zero attached hydrogens (tertiary/aromatic N) is 3. The van der Waals surface area contributed by atoms with E-state index in [2.05, 4.69) is 20.7 Å². The molecule has 1 fully saturated rings. The van der Waals surface area contributed by atoms with Gasteiger partial charge in [0.05, 0.1) is 37.2 Å². The molecule has 3 heterocycles. The highest BCUT2D eigenvalue weighted by molar-refractivity contribution is 5.94. The van der Waals surface area contributed by atoms with Crippen molar-refractivity contribution in [2.45, 2.75) is 12.1 Å². The third-order valence-electron chi connectivity index (χ3n) is 3.60. The molecule has 0 saturated carbocycles. The van der Waals surface area contributed by atoms with E-state index in [4.69, 9.17) is 9.47 Å². The minimum absolute atomic E-state index is 0.199. The van der Waals surface area contributed by atoms with Crippen molar-refractivity contribution in [1.82, 2.24) is 20.1 Å². The van der Waals surface area contributed by atoms with Crippen molar-refractivity contribution in [3.05, 3.63) is 36.3 Å². The second-order valence-electron chi connectivity index (χ2n) is 5.31. The number of pyridine rings is 1. The van der Waals surface area contributed by atoms with Crippen LogP contribution in [-0.4, -0.2) is 53.1 Å². The Balaban J connectivity index is 1.62. The van der Waals surface area contributed by atoms with Crippen LogP contribution in [0.15, 0.2) is 30.7 Å². The van der Waals surface area contributed by atoms with Crippen molar-refractivity contribution in [2.24, 2.45) is 7.05 Å². The Bertz CT molecular complexity index is 670. The summed E-state index contributed by atoms with van der Waals surface area (Å²) in [7, 11) is 3.59. The van der Waals surface area contributed by atoms with Gasteiger partial charge < -0.3 is 20.1 Å². The van der Waals surface area contributed by atoms with Gasteiger partial charge in [0.2, 0.25) is 0 Å². The third kappa shape index (κ3) is 3.59. The van der Waals surface area contributed by atoms with Gasteiger partial charge in [-0.25, -0.2) is 4.98 Å². The summed E-state index contributed by atoms with van der Waals surface area (Å²) < 4.78 is 12.9. The maximum atomic E-state index is 12.3. The smallest absolute Gasteiger partial charge is 0.253 e. The van der Waals surface area contributed by atoms with Gasteiger partial charge in [-0.2, -0.15) is 5.10 Å². The van der Waals surface area contributed by atoms with Crippen LogP contribution in [0.1, 0.15) is 10.4 Å². The van der Waals surface area contributed by atoms with Gasteiger partial charge in [-0.05, 0) is 12.1 Å². The molecule has 2 aromatic heterocycles. The number of hydrogen-bond acceptors (Lipinski definition) is 6. The molecule has 1 aliphatic rings. The first-order chi connectivity index (χ1) is 11.2. The molecule has 8 nitrogen and oxygen atoms in total. The van der Waals surface area contributed by atoms with Crippen LogP contribution in [0.25, 0.3) is 0 Å². The first kappa shape index (κ1) is 15.3. The zero-order valence-electron chi connectivity index (χ0n) is 13.0. The standard InChI is InChI=1S/C15H19N5O3/c1-16-14-4-3-10(5-17-14)15(21)19-12-8-22-9-13(12)23-11-6-18-20(2)7-11/h3-7,12-13H,8-9H2,1-2H3,(H,16,17)(H,19,21)/t12-,13+/m0/s1. The van der Waals surface area contributed by atoms with Crippen LogP contribution in [0.3, 0.4) is 0 Å². The van der Waals surface area contributed by atoms with Gasteiger partial charge in [0.25, 0.3) is 5.91 Å². The number of aromatic nitrogens is 3. The lowest BCUT2D eigenvalue weighted by atomic mass is 10.2. The number of nitrogens with one attached hydrogen (secondary N) is 2. The van der Waals surface area contributed by atoms with Gasteiger partial charge in [-0.1, -0.05) is 0 Å². The van der Waals surface area contributed by atoms with Crippen molar-refractivity contribution >= 4 is 11.7 Å². The lowest BCUT2D eigenvalue weighted by molar-refractivity contribution is 0.0904. The van der Waals surface area contributed by atoms with Crippen LogP contribution < -0.4 is 15.4 Å². The lowest BCUT2D eigenvalue weighted by Gasteiger charge is -2.19. The fourth-order valence-electron chi connectivity index (χ4n) is 2.35. The van der Waals surface area contributed by atoms with Crippen LogP contribution in [-0.2, 0) is 11.8 Å². The van der Waals surface area contributed by atoms with Crippen LogP contribution in [0, 0.1) is 0 Å². The summed E-state index contributed by atoms with van der Waals surface area (Å²) in [6, 6.07) is 3.26. The molecule has 0 aliphatic carbocycles. The Kier molecular flexibility index (Phi) is 4.42. The fourth-order valence-corrected chi connectivity index (χ4v) is 2.35. The molecule has 23 heavy (non-hydrogen) atoms. The molecule has 2 atom stereocenters. The molecular weight excluding hydrogens is 298 g/mol. The van der Waals surface area contributed by atoms with E-state index in [9.17, 15) is 4.79 Å². The molecule has 0 unspecified atom stereocenters. The summed E-state index contributed by atoms with van der Waals surface area (Å²) in [5, 5.41) is 9.90. The Morgan fingerprint density at radius 1 is 1.39 bits per heavy atom. The second-order valence-corrected chi connectivity index (χ2v) is 5.31. The number of ether oxygens (including phenoxy) is 2. The summed E-state index contributed by atoms with van der Waals surface area (Å²) >= 11 is 0. The second kappa shape index (κ2) is 6.66. The van der Waals surface area contributed by atoms with Crippen molar-refractivity contribution in [1.29, 1.82) is 0 Å². The minimum Gasteiger partial charge on any atom is -0.482 e. The molecular formula is C15H19N5O3. The average Bonchev–Trinajstić information content (AvgIpc) is 3.17. The van der Waals surface area contributed by atoms with E-state index in [1.807, 2.05) is 7.05 Å². The predicted molar refractivity (Wildman–Crippen MR) is 83.5 cm³/mol. The maximum absolute atomic E-state index is 12.3. The largest absolute Gasteiger partial charge is 0.482 e. The van der Waals surface area contributed by atoms with Gasteiger partial charge in [0, 0.05) is 20.3 Å². The number of amides is 1. The van der Waals surface area contributed by atoms with E-state index >= 15 is 0 Å². The highest BCUT2D eigenvalue weighted by Gasteiger charge is 2.32. The molecule has 2 N–H and O–H groups in total. The lowest BCUT2D eigenvalue weighted by Crippen LogP contribution is -2.45. The van der Waals surface area contributed by atoms with Crippen molar-refractivity contribution < 1.29 is 14.3 Å². The molecule has 1 saturated heterocycles. The van der Waals surface area contributed by atoms with E-state index in [-0.39, 0.29) is 18.1 Å². The summed E-state index contributed by atoms with van der Waals surface area (Å²) in [5.41, 5.74) is 0.496. The van der Waals surface area contributed by atoms with E-state index in [0.29, 0.717) is 30.3 Å². The molecule has 3 rings (SSSR count). The summed E-state index contributed by atoms with van der Waals surface area (Å²) in [6.45, 7) is 0.843. The first-order valence-electron chi connectivity index (χ1n) is 7.33. The van der Waals surface area contributed by atoms with Gasteiger partial charge in [0.1, 0.15) is 11.9 Å². The zero-order valence-corrected chi connectivity index (χ0v) is 13.0. The normalized spacial score (nSPS) is 20.3. The van der Waals surface area contributed by atoms with Crippen molar-refractivity contribution in [2.75, 3.05) is 25.6 Å². The van der Waals surface area contributed by atoms with Gasteiger partial charge in [-0.3, -0.25) is 9.48 Å². The van der Waals surface area contributed by atoms with Crippen LogP contribution >= 0.6 is 0 Å². The number of hydrogen-bond donors (Lipinski definition) is 2. The first-order valence-corrected chi connectivity index (χ1v) is 7.33. The van der Waals surface area contributed by atoms with Gasteiger partial charge >= 0.3 is 0 Å². The van der Waals surface area contributed by atoms with E-state index in [1.54, 1.807) is 36.3 Å². The molecule has 0 radical (unpaired) electrons. The minimum atomic E-state index is -0.243. The van der Waals surface area contributed by atoms with E-state index < -0.39 is 0 Å². The van der Waals surface area contributed by atoms with Gasteiger partial charge in [0.15, 0.2) is 5.75 Å².